The summed E-state index contributed by atoms with van der Waals surface area (Å²) < 4.78 is 1.71. The van der Waals surface area contributed by atoms with E-state index in [4.69, 9.17) is 12.2 Å². The number of H-pyrrole nitrogens is 1. The summed E-state index contributed by atoms with van der Waals surface area (Å²) in [6, 6.07) is 13.5. The van der Waals surface area contributed by atoms with Gasteiger partial charge in [-0.15, -0.1) is 0 Å². The minimum atomic E-state index is -0.173. The minimum Gasteiger partial charge on any atom is -0.351 e. The Kier molecular flexibility index (Phi) is 6.13. The summed E-state index contributed by atoms with van der Waals surface area (Å²) in [4.78, 5) is 27.5. The molecule has 0 aliphatic heterocycles. The first-order chi connectivity index (χ1) is 13.0. The van der Waals surface area contributed by atoms with E-state index in [2.05, 4.69) is 41.5 Å². The molecule has 0 fully saturated rings. The number of nitrogens with one attached hydrogen (secondary N) is 2. The molecule has 0 saturated heterocycles. The first-order valence-corrected chi connectivity index (χ1v) is 10.2. The number of aryl methyl sites for hydroxylation is 1. The van der Waals surface area contributed by atoms with Crippen molar-refractivity contribution in [3.8, 4) is 0 Å². The van der Waals surface area contributed by atoms with Crippen LogP contribution in [-0.4, -0.2) is 27.8 Å². The number of fused-ring (bicyclic) bond motifs is 1. The highest BCUT2D eigenvalue weighted by Crippen LogP contribution is 2.13. The van der Waals surface area contributed by atoms with E-state index in [1.807, 2.05) is 0 Å². The fourth-order valence-corrected chi connectivity index (χ4v) is 3.67. The van der Waals surface area contributed by atoms with Crippen molar-refractivity contribution < 1.29 is 4.79 Å². The number of amides is 1. The highest BCUT2D eigenvalue weighted by molar-refractivity contribution is 7.98. The molecular weight excluding hydrogens is 378 g/mol. The number of nitrogens with zero attached hydrogens (tertiary/aromatic N) is 1. The van der Waals surface area contributed by atoms with Crippen LogP contribution in [0.5, 0.6) is 0 Å². The number of benzene rings is 2. The summed E-state index contributed by atoms with van der Waals surface area (Å²) in [5.41, 5.74) is 3.44. The number of aromatic amines is 1. The van der Waals surface area contributed by atoms with Crippen LogP contribution >= 0.6 is 24.0 Å². The third-order valence-electron chi connectivity index (χ3n) is 4.28. The molecule has 0 atom stereocenters. The van der Waals surface area contributed by atoms with Gasteiger partial charge >= 0.3 is 0 Å². The monoisotopic (exact) mass is 399 g/mol. The standard InChI is InChI=1S/C20H21N3O2S2/c1-13-3-5-14(6-4-13)12-27-10-9-21-18(24)15-7-8-16-17(11-15)22-20(26)23(2)19(16)25/h3-8,11H,9-10,12H2,1-2H3,(H,21,24)(H,22,26). The van der Waals surface area contributed by atoms with Crippen molar-refractivity contribution in [2.75, 3.05) is 12.3 Å². The number of thioether (sulfide) groups is 1. The third-order valence-corrected chi connectivity index (χ3v) is 5.69. The van der Waals surface area contributed by atoms with Gasteiger partial charge in [0.05, 0.1) is 10.9 Å². The Morgan fingerprint density at radius 1 is 1.22 bits per heavy atom. The molecule has 0 aliphatic rings. The predicted molar refractivity (Wildman–Crippen MR) is 114 cm³/mol. The van der Waals surface area contributed by atoms with Crippen LogP contribution in [0.4, 0.5) is 0 Å². The van der Waals surface area contributed by atoms with Gasteiger partial charge in [0.15, 0.2) is 4.77 Å². The summed E-state index contributed by atoms with van der Waals surface area (Å²) >= 11 is 6.91. The van der Waals surface area contributed by atoms with Crippen LogP contribution in [0.2, 0.25) is 0 Å². The molecule has 27 heavy (non-hydrogen) atoms. The molecule has 2 aromatic carbocycles. The van der Waals surface area contributed by atoms with Crippen LogP contribution < -0.4 is 10.9 Å². The molecule has 3 aromatic rings. The fraction of sp³-hybridized carbons (Fsp3) is 0.250. The number of hydrogen-bond donors (Lipinski definition) is 2. The lowest BCUT2D eigenvalue weighted by Crippen LogP contribution is -2.26. The van der Waals surface area contributed by atoms with E-state index in [0.717, 1.165) is 11.5 Å². The van der Waals surface area contributed by atoms with Gasteiger partial charge in [-0.3, -0.25) is 14.2 Å². The second-order valence-corrected chi connectivity index (χ2v) is 7.84. The Labute approximate surface area is 166 Å². The zero-order chi connectivity index (χ0) is 19.4. The van der Waals surface area contributed by atoms with E-state index >= 15 is 0 Å². The lowest BCUT2D eigenvalue weighted by atomic mass is 10.1. The maximum absolute atomic E-state index is 12.4. The van der Waals surface area contributed by atoms with E-state index in [1.54, 1.807) is 37.0 Å². The molecule has 5 nitrogen and oxygen atoms in total. The summed E-state index contributed by atoms with van der Waals surface area (Å²) in [7, 11) is 1.62. The van der Waals surface area contributed by atoms with Gasteiger partial charge in [0, 0.05) is 30.7 Å². The van der Waals surface area contributed by atoms with E-state index in [9.17, 15) is 9.59 Å². The largest absolute Gasteiger partial charge is 0.351 e. The van der Waals surface area contributed by atoms with Crippen molar-refractivity contribution in [1.82, 2.24) is 14.9 Å². The van der Waals surface area contributed by atoms with Crippen LogP contribution in [-0.2, 0) is 12.8 Å². The average Bonchev–Trinajstić information content (AvgIpc) is 2.67. The van der Waals surface area contributed by atoms with Crippen molar-refractivity contribution in [2.24, 2.45) is 7.05 Å². The normalized spacial score (nSPS) is 10.9. The molecule has 1 heterocycles. The SMILES string of the molecule is Cc1ccc(CSCCNC(=O)c2ccc3c(=O)n(C)c(=S)[nH]c3c2)cc1. The summed E-state index contributed by atoms with van der Waals surface area (Å²) in [5.74, 6) is 1.59. The van der Waals surface area contributed by atoms with Gasteiger partial charge in [0.2, 0.25) is 0 Å². The first-order valence-electron chi connectivity index (χ1n) is 8.60. The Morgan fingerprint density at radius 2 is 1.96 bits per heavy atom. The third kappa shape index (κ3) is 4.67. The zero-order valence-corrected chi connectivity index (χ0v) is 16.9. The molecule has 7 heteroatoms. The Bertz CT molecular complexity index is 1090. The topological polar surface area (TPSA) is 66.9 Å². The highest BCUT2D eigenvalue weighted by Gasteiger charge is 2.09. The molecule has 0 bridgehead atoms. The average molecular weight is 400 g/mol. The second-order valence-electron chi connectivity index (χ2n) is 6.35. The van der Waals surface area contributed by atoms with Gasteiger partial charge < -0.3 is 10.3 Å². The molecule has 0 unspecified atom stereocenters. The Hall–Kier alpha value is -2.38. The fourth-order valence-electron chi connectivity index (χ4n) is 2.66. The van der Waals surface area contributed by atoms with Gasteiger partial charge in [0.1, 0.15) is 0 Å². The molecule has 0 spiro atoms. The number of aromatic nitrogens is 2. The van der Waals surface area contributed by atoms with E-state index < -0.39 is 0 Å². The van der Waals surface area contributed by atoms with Crippen molar-refractivity contribution in [3.63, 3.8) is 0 Å². The Morgan fingerprint density at radius 3 is 2.70 bits per heavy atom. The van der Waals surface area contributed by atoms with Crippen LogP contribution in [0, 0.1) is 11.7 Å². The molecule has 0 aliphatic carbocycles. The van der Waals surface area contributed by atoms with E-state index in [1.165, 1.54) is 15.7 Å². The predicted octanol–water partition coefficient (Wildman–Crippen LogP) is 3.57. The van der Waals surface area contributed by atoms with E-state index in [0.29, 0.717) is 27.8 Å². The lowest BCUT2D eigenvalue weighted by Gasteiger charge is -2.07. The molecule has 140 valence electrons. The zero-order valence-electron chi connectivity index (χ0n) is 15.2. The quantitative estimate of drug-likeness (QED) is 0.491. The van der Waals surface area contributed by atoms with Gasteiger partial charge in [0.25, 0.3) is 11.5 Å². The summed E-state index contributed by atoms with van der Waals surface area (Å²) in [5, 5.41) is 3.43. The molecule has 0 saturated carbocycles. The van der Waals surface area contributed by atoms with Gasteiger partial charge in [-0.2, -0.15) is 11.8 Å². The second kappa shape index (κ2) is 8.54. The molecule has 1 amide bonds. The lowest BCUT2D eigenvalue weighted by molar-refractivity contribution is 0.0956. The summed E-state index contributed by atoms with van der Waals surface area (Å²) in [6.45, 7) is 2.66. The number of carbonyl (C=O) groups excluding carboxylic acids is 1. The molecule has 2 N–H and O–H groups in total. The minimum absolute atomic E-state index is 0.159. The van der Waals surface area contributed by atoms with Crippen LogP contribution in [0.1, 0.15) is 21.5 Å². The molecule has 0 radical (unpaired) electrons. The van der Waals surface area contributed by atoms with Crippen molar-refractivity contribution >= 4 is 40.8 Å². The van der Waals surface area contributed by atoms with Crippen molar-refractivity contribution in [3.05, 3.63) is 74.3 Å². The maximum Gasteiger partial charge on any atom is 0.261 e. The van der Waals surface area contributed by atoms with Gasteiger partial charge in [-0.25, -0.2) is 0 Å². The molecule has 1 aromatic heterocycles. The van der Waals surface area contributed by atoms with E-state index in [-0.39, 0.29) is 11.5 Å². The molecular formula is C20H21N3O2S2. The highest BCUT2D eigenvalue weighted by atomic mass is 32.2. The maximum atomic E-state index is 12.4. The van der Waals surface area contributed by atoms with Crippen molar-refractivity contribution in [1.29, 1.82) is 0 Å². The summed E-state index contributed by atoms with van der Waals surface area (Å²) in [6.07, 6.45) is 0. The molecule has 3 rings (SSSR count). The smallest absolute Gasteiger partial charge is 0.261 e. The van der Waals surface area contributed by atoms with Crippen molar-refractivity contribution in [2.45, 2.75) is 12.7 Å². The van der Waals surface area contributed by atoms with Gasteiger partial charge in [-0.05, 0) is 42.9 Å². The van der Waals surface area contributed by atoms with Gasteiger partial charge in [-0.1, -0.05) is 29.8 Å². The van der Waals surface area contributed by atoms with Crippen LogP contribution in [0.25, 0.3) is 10.9 Å². The number of hydrogen-bond acceptors (Lipinski definition) is 4. The van der Waals surface area contributed by atoms with Crippen LogP contribution in [0.15, 0.2) is 47.3 Å². The number of carbonyl (C=O) groups is 1. The first kappa shape index (κ1) is 19.4. The van der Waals surface area contributed by atoms with Crippen LogP contribution in [0.3, 0.4) is 0 Å². The Balaban J connectivity index is 1.56. The number of rotatable bonds is 6.